The number of nitrogens with zero attached hydrogens (tertiary/aromatic N) is 4. The summed E-state index contributed by atoms with van der Waals surface area (Å²) in [4.78, 5) is 34.8. The number of hydrogen-bond donors (Lipinski definition) is 0. The van der Waals surface area contributed by atoms with E-state index in [1.807, 2.05) is 0 Å². The highest BCUT2D eigenvalue weighted by molar-refractivity contribution is 7.99. The lowest BCUT2D eigenvalue weighted by molar-refractivity contribution is -0.128. The number of halogens is 2. The van der Waals surface area contributed by atoms with Crippen molar-refractivity contribution in [3.63, 3.8) is 0 Å². The number of carbonyl (C=O) groups excluding carboxylic acids is 1. The molecule has 4 aromatic rings. The van der Waals surface area contributed by atoms with Crippen molar-refractivity contribution in [3.05, 3.63) is 94.8 Å². The molecular weight excluding hydrogens is 470 g/mol. The van der Waals surface area contributed by atoms with Gasteiger partial charge in [-0.2, -0.15) is 0 Å². The summed E-state index contributed by atoms with van der Waals surface area (Å²) in [6, 6.07) is 19.0. The molecule has 1 aromatic heterocycles. The van der Waals surface area contributed by atoms with Crippen LogP contribution in [-0.2, 0) is 4.79 Å². The van der Waals surface area contributed by atoms with E-state index in [4.69, 9.17) is 0 Å². The van der Waals surface area contributed by atoms with E-state index < -0.39 is 5.82 Å². The number of amides is 1. The molecule has 0 atom stereocenters. The molecule has 178 valence electrons. The number of para-hydroxylation sites is 1. The van der Waals surface area contributed by atoms with Crippen LogP contribution in [0.2, 0.25) is 0 Å². The van der Waals surface area contributed by atoms with Crippen molar-refractivity contribution >= 4 is 34.3 Å². The molecule has 3 aromatic carbocycles. The summed E-state index contributed by atoms with van der Waals surface area (Å²) < 4.78 is 28.1. The van der Waals surface area contributed by atoms with Crippen LogP contribution >= 0.6 is 11.8 Å². The summed E-state index contributed by atoms with van der Waals surface area (Å²) in [5.41, 5.74) is 1.68. The van der Waals surface area contributed by atoms with Crippen molar-refractivity contribution in [2.24, 2.45) is 0 Å². The molecular formula is C26H22F2N4O2S. The maximum Gasteiger partial charge on any atom is 0.266 e. The van der Waals surface area contributed by atoms with E-state index in [9.17, 15) is 18.4 Å². The van der Waals surface area contributed by atoms with Crippen molar-refractivity contribution < 1.29 is 13.6 Å². The molecule has 2 heterocycles. The van der Waals surface area contributed by atoms with Crippen LogP contribution in [0, 0.1) is 11.6 Å². The second kappa shape index (κ2) is 9.87. The third kappa shape index (κ3) is 4.90. The van der Waals surface area contributed by atoms with Gasteiger partial charge in [-0.05, 0) is 60.7 Å². The Kier molecular flexibility index (Phi) is 6.50. The Labute approximate surface area is 204 Å². The Morgan fingerprint density at radius 2 is 1.43 bits per heavy atom. The van der Waals surface area contributed by atoms with Crippen LogP contribution in [0.5, 0.6) is 0 Å². The molecule has 5 rings (SSSR count). The maximum atomic E-state index is 13.5. The van der Waals surface area contributed by atoms with Crippen LogP contribution in [-0.4, -0.2) is 52.3 Å². The number of benzene rings is 3. The van der Waals surface area contributed by atoms with Crippen molar-refractivity contribution in [2.75, 3.05) is 36.8 Å². The van der Waals surface area contributed by atoms with Crippen molar-refractivity contribution in [3.8, 4) is 5.69 Å². The quantitative estimate of drug-likeness (QED) is 0.310. The minimum Gasteiger partial charge on any atom is -0.368 e. The summed E-state index contributed by atoms with van der Waals surface area (Å²) in [6.07, 6.45) is 0. The normalized spacial score (nSPS) is 13.9. The van der Waals surface area contributed by atoms with Gasteiger partial charge in [-0.25, -0.2) is 13.8 Å². The van der Waals surface area contributed by atoms with Gasteiger partial charge < -0.3 is 9.80 Å². The average molecular weight is 493 g/mol. The molecule has 0 N–H and O–H groups in total. The Morgan fingerprint density at radius 3 is 2.09 bits per heavy atom. The number of aromatic nitrogens is 2. The van der Waals surface area contributed by atoms with Crippen LogP contribution in [0.25, 0.3) is 16.6 Å². The van der Waals surface area contributed by atoms with Gasteiger partial charge in [0, 0.05) is 31.9 Å². The first-order valence-corrected chi connectivity index (χ1v) is 12.2. The summed E-state index contributed by atoms with van der Waals surface area (Å²) in [7, 11) is 0. The minimum atomic E-state index is -0.403. The zero-order chi connectivity index (χ0) is 24.4. The van der Waals surface area contributed by atoms with Gasteiger partial charge in [-0.15, -0.1) is 0 Å². The number of thioether (sulfide) groups is 1. The van der Waals surface area contributed by atoms with Crippen molar-refractivity contribution in [1.82, 2.24) is 14.5 Å². The molecule has 1 aliphatic heterocycles. The van der Waals surface area contributed by atoms with Gasteiger partial charge in [0.05, 0.1) is 22.3 Å². The zero-order valence-corrected chi connectivity index (χ0v) is 19.5. The van der Waals surface area contributed by atoms with Crippen LogP contribution in [0.1, 0.15) is 0 Å². The standard InChI is InChI=1S/C26H22F2N4O2S/c27-18-5-9-20(10-6-18)30-13-15-31(16-14-30)24(33)17-35-26-29-23-4-2-1-3-22(23)25(34)32(26)21-11-7-19(28)8-12-21/h1-12H,13-17H2. The lowest BCUT2D eigenvalue weighted by Gasteiger charge is -2.36. The summed E-state index contributed by atoms with van der Waals surface area (Å²) in [6.45, 7) is 2.40. The molecule has 0 radical (unpaired) electrons. The van der Waals surface area contributed by atoms with Gasteiger partial charge in [0.2, 0.25) is 5.91 Å². The number of carbonyl (C=O) groups is 1. The first-order valence-electron chi connectivity index (χ1n) is 11.2. The molecule has 1 aliphatic rings. The lowest BCUT2D eigenvalue weighted by Crippen LogP contribution is -2.49. The molecule has 35 heavy (non-hydrogen) atoms. The second-order valence-corrected chi connectivity index (χ2v) is 9.10. The van der Waals surface area contributed by atoms with Gasteiger partial charge >= 0.3 is 0 Å². The van der Waals surface area contributed by atoms with E-state index in [1.165, 1.54) is 52.7 Å². The number of hydrogen-bond acceptors (Lipinski definition) is 5. The molecule has 0 unspecified atom stereocenters. The first kappa shape index (κ1) is 23.0. The Balaban J connectivity index is 1.33. The molecule has 0 spiro atoms. The van der Waals surface area contributed by atoms with E-state index in [-0.39, 0.29) is 23.0 Å². The molecule has 1 amide bonds. The van der Waals surface area contributed by atoms with Crippen molar-refractivity contribution in [2.45, 2.75) is 5.16 Å². The Morgan fingerprint density at radius 1 is 0.829 bits per heavy atom. The van der Waals surface area contributed by atoms with E-state index >= 15 is 0 Å². The number of anilines is 1. The largest absolute Gasteiger partial charge is 0.368 e. The fourth-order valence-electron chi connectivity index (χ4n) is 4.11. The molecule has 0 bridgehead atoms. The predicted octanol–water partition coefficient (Wildman–Crippen LogP) is 4.10. The fourth-order valence-corrected chi connectivity index (χ4v) is 5.03. The van der Waals surface area contributed by atoms with E-state index in [0.717, 1.165) is 5.69 Å². The Bertz CT molecular complexity index is 1420. The smallest absolute Gasteiger partial charge is 0.266 e. The molecule has 1 fully saturated rings. The highest BCUT2D eigenvalue weighted by atomic mass is 32.2. The van der Waals surface area contributed by atoms with Gasteiger partial charge in [0.1, 0.15) is 11.6 Å². The molecule has 0 aliphatic carbocycles. The van der Waals surface area contributed by atoms with E-state index in [0.29, 0.717) is 47.9 Å². The highest BCUT2D eigenvalue weighted by Gasteiger charge is 2.22. The fraction of sp³-hybridized carbons (Fsp3) is 0.192. The van der Waals surface area contributed by atoms with E-state index in [2.05, 4.69) is 9.88 Å². The SMILES string of the molecule is O=C(CSc1nc2ccccc2c(=O)n1-c1ccc(F)cc1)N1CCN(c2ccc(F)cc2)CC1. The lowest BCUT2D eigenvalue weighted by atomic mass is 10.2. The van der Waals surface area contributed by atoms with Crippen molar-refractivity contribution in [1.29, 1.82) is 0 Å². The summed E-state index contributed by atoms with van der Waals surface area (Å²) in [5, 5.41) is 0.822. The average Bonchev–Trinajstić information content (AvgIpc) is 2.89. The topological polar surface area (TPSA) is 58.4 Å². The second-order valence-electron chi connectivity index (χ2n) is 8.16. The third-order valence-corrected chi connectivity index (χ3v) is 6.90. The van der Waals surface area contributed by atoms with Crippen LogP contribution in [0.15, 0.2) is 82.7 Å². The van der Waals surface area contributed by atoms with E-state index in [1.54, 1.807) is 41.3 Å². The van der Waals surface area contributed by atoms with Crippen LogP contribution in [0.4, 0.5) is 14.5 Å². The number of fused-ring (bicyclic) bond motifs is 1. The predicted molar refractivity (Wildman–Crippen MR) is 133 cm³/mol. The number of rotatable bonds is 5. The Hall–Kier alpha value is -3.72. The summed E-state index contributed by atoms with van der Waals surface area (Å²) in [5.74, 6) is -0.620. The zero-order valence-electron chi connectivity index (χ0n) is 18.7. The first-order chi connectivity index (χ1) is 17.0. The van der Waals surface area contributed by atoms with Gasteiger partial charge in [0.15, 0.2) is 5.16 Å². The van der Waals surface area contributed by atoms with Crippen LogP contribution in [0.3, 0.4) is 0 Å². The monoisotopic (exact) mass is 492 g/mol. The van der Waals surface area contributed by atoms with Crippen LogP contribution < -0.4 is 10.5 Å². The number of piperazine rings is 1. The molecule has 9 heteroatoms. The van der Waals surface area contributed by atoms with Gasteiger partial charge in [0.25, 0.3) is 5.56 Å². The summed E-state index contributed by atoms with van der Waals surface area (Å²) >= 11 is 1.19. The highest BCUT2D eigenvalue weighted by Crippen LogP contribution is 2.23. The molecule has 0 saturated carbocycles. The minimum absolute atomic E-state index is 0.0539. The molecule has 1 saturated heterocycles. The maximum absolute atomic E-state index is 13.5. The molecule has 6 nitrogen and oxygen atoms in total. The van der Waals surface area contributed by atoms with Gasteiger partial charge in [-0.1, -0.05) is 23.9 Å². The third-order valence-electron chi connectivity index (χ3n) is 5.98. The van der Waals surface area contributed by atoms with Gasteiger partial charge in [-0.3, -0.25) is 14.2 Å².